The molecule has 6 heteroatoms. The summed E-state index contributed by atoms with van der Waals surface area (Å²) in [5, 5.41) is 13.3. The number of aromatic hydroxyl groups is 1. The number of imidazole rings is 1. The second kappa shape index (κ2) is 8.89. The average Bonchev–Trinajstić information content (AvgIpc) is 3.63. The van der Waals surface area contributed by atoms with Gasteiger partial charge in [0.05, 0.1) is 11.4 Å². The molecule has 166 valence electrons. The number of nitrogens with zero attached hydrogens (tertiary/aromatic N) is 3. The molecule has 0 amide bonds. The first-order valence-electron chi connectivity index (χ1n) is 11.1. The van der Waals surface area contributed by atoms with Crippen LogP contribution >= 0.6 is 22.7 Å². The minimum atomic E-state index is 0.176. The molecule has 4 nitrogen and oxygen atoms in total. The fourth-order valence-electron chi connectivity index (χ4n) is 4.11. The molecule has 0 bridgehead atoms. The maximum absolute atomic E-state index is 11.2. The van der Waals surface area contributed by atoms with Gasteiger partial charge in [-0.15, -0.1) is 22.7 Å². The van der Waals surface area contributed by atoms with Crippen molar-refractivity contribution in [3.05, 3.63) is 118 Å². The van der Waals surface area contributed by atoms with Gasteiger partial charge in [-0.25, -0.2) is 9.97 Å². The fraction of sp³-hybridized carbons (Fsp3) is 0.0714. The molecular weight excluding hydrogens is 458 g/mol. The Morgan fingerprint density at radius 1 is 0.735 bits per heavy atom. The molecule has 4 heterocycles. The van der Waals surface area contributed by atoms with Crippen LogP contribution in [-0.2, 0) is 12.8 Å². The SMILES string of the molecule is Oc1c(Cc2ccc(-c3cccs3)s2)nc2c(Cc3ccccc3)nc(-c3ccccc3)cn12. The second-order valence-electron chi connectivity index (χ2n) is 8.10. The Bertz CT molecular complexity index is 1550. The van der Waals surface area contributed by atoms with Gasteiger partial charge >= 0.3 is 0 Å². The van der Waals surface area contributed by atoms with Crippen molar-refractivity contribution in [2.75, 3.05) is 0 Å². The topological polar surface area (TPSA) is 50.4 Å². The van der Waals surface area contributed by atoms with Gasteiger partial charge in [-0.2, -0.15) is 0 Å². The Labute approximate surface area is 205 Å². The highest BCUT2D eigenvalue weighted by molar-refractivity contribution is 7.21. The predicted molar refractivity (Wildman–Crippen MR) is 140 cm³/mol. The summed E-state index contributed by atoms with van der Waals surface area (Å²) < 4.78 is 1.79. The van der Waals surface area contributed by atoms with E-state index in [0.29, 0.717) is 24.2 Å². The van der Waals surface area contributed by atoms with Crippen molar-refractivity contribution in [3.63, 3.8) is 0 Å². The van der Waals surface area contributed by atoms with E-state index >= 15 is 0 Å². The summed E-state index contributed by atoms with van der Waals surface area (Å²) >= 11 is 3.48. The number of rotatable bonds is 6. The van der Waals surface area contributed by atoms with Gasteiger partial charge in [-0.05, 0) is 29.1 Å². The molecule has 4 aromatic heterocycles. The Balaban J connectivity index is 1.43. The summed E-state index contributed by atoms with van der Waals surface area (Å²) in [6.07, 6.45) is 3.11. The first-order valence-corrected chi connectivity index (χ1v) is 12.8. The molecule has 0 spiro atoms. The average molecular weight is 480 g/mol. The number of fused-ring (bicyclic) bond motifs is 1. The van der Waals surface area contributed by atoms with Crippen molar-refractivity contribution in [1.29, 1.82) is 0 Å². The Morgan fingerprint density at radius 2 is 1.53 bits per heavy atom. The highest BCUT2D eigenvalue weighted by Crippen LogP contribution is 2.34. The van der Waals surface area contributed by atoms with Crippen molar-refractivity contribution in [1.82, 2.24) is 14.4 Å². The monoisotopic (exact) mass is 479 g/mol. The lowest BCUT2D eigenvalue weighted by Gasteiger charge is -2.08. The molecule has 0 fully saturated rings. The third-order valence-electron chi connectivity index (χ3n) is 5.77. The summed E-state index contributed by atoms with van der Waals surface area (Å²) in [5.41, 5.74) is 5.19. The van der Waals surface area contributed by atoms with E-state index in [1.54, 1.807) is 27.1 Å². The summed E-state index contributed by atoms with van der Waals surface area (Å²) in [6, 6.07) is 28.8. The normalized spacial score (nSPS) is 11.3. The van der Waals surface area contributed by atoms with Crippen molar-refractivity contribution in [2.24, 2.45) is 0 Å². The highest BCUT2D eigenvalue weighted by Gasteiger charge is 2.18. The second-order valence-corrected chi connectivity index (χ2v) is 10.2. The van der Waals surface area contributed by atoms with E-state index in [0.717, 1.165) is 22.5 Å². The van der Waals surface area contributed by atoms with Crippen LogP contribution in [0.5, 0.6) is 5.88 Å². The molecule has 0 unspecified atom stereocenters. The van der Waals surface area contributed by atoms with E-state index in [-0.39, 0.29) is 5.88 Å². The number of hydrogen-bond donors (Lipinski definition) is 1. The van der Waals surface area contributed by atoms with Crippen LogP contribution in [0.15, 0.2) is 96.5 Å². The standard InChI is InChI=1S/C28H21N3OS2/c32-28-23(17-21-13-14-26(34-21)25-12-7-15-33-25)30-27-22(16-19-8-3-1-4-9-19)29-24(18-31(27)28)20-10-5-2-6-11-20/h1-15,18,32H,16-17H2. The smallest absolute Gasteiger partial charge is 0.219 e. The molecular formula is C28H21N3OS2. The summed E-state index contributed by atoms with van der Waals surface area (Å²) in [4.78, 5) is 13.5. The van der Waals surface area contributed by atoms with Gasteiger partial charge in [0, 0.05) is 39.2 Å². The maximum Gasteiger partial charge on any atom is 0.219 e. The minimum Gasteiger partial charge on any atom is -0.493 e. The van der Waals surface area contributed by atoms with E-state index < -0.39 is 0 Å². The molecule has 1 N–H and O–H groups in total. The minimum absolute atomic E-state index is 0.176. The van der Waals surface area contributed by atoms with Crippen LogP contribution in [0, 0.1) is 0 Å². The van der Waals surface area contributed by atoms with Gasteiger partial charge in [0.2, 0.25) is 5.88 Å². The molecule has 0 saturated heterocycles. The Hall–Kier alpha value is -3.74. The van der Waals surface area contributed by atoms with Crippen molar-refractivity contribution in [3.8, 4) is 26.9 Å². The van der Waals surface area contributed by atoms with Crippen molar-refractivity contribution in [2.45, 2.75) is 12.8 Å². The van der Waals surface area contributed by atoms with E-state index in [2.05, 4.69) is 41.8 Å². The van der Waals surface area contributed by atoms with Crippen LogP contribution < -0.4 is 0 Å². The number of aromatic nitrogens is 3. The number of benzene rings is 2. The first-order chi connectivity index (χ1) is 16.7. The zero-order valence-electron chi connectivity index (χ0n) is 18.3. The number of thiophene rings is 2. The van der Waals surface area contributed by atoms with Crippen molar-refractivity contribution >= 4 is 28.3 Å². The lowest BCUT2D eigenvalue weighted by Crippen LogP contribution is -2.00. The van der Waals surface area contributed by atoms with Crippen LogP contribution in [0.3, 0.4) is 0 Å². The van der Waals surface area contributed by atoms with Gasteiger partial charge in [-0.1, -0.05) is 66.7 Å². The van der Waals surface area contributed by atoms with E-state index in [1.165, 1.54) is 14.6 Å². The van der Waals surface area contributed by atoms with Gasteiger partial charge in [0.25, 0.3) is 0 Å². The summed E-state index contributed by atoms with van der Waals surface area (Å²) in [5.74, 6) is 0.176. The van der Waals surface area contributed by atoms with E-state index in [4.69, 9.17) is 9.97 Å². The van der Waals surface area contributed by atoms with Crippen LogP contribution in [0.4, 0.5) is 0 Å². The lowest BCUT2D eigenvalue weighted by atomic mass is 10.1. The lowest BCUT2D eigenvalue weighted by molar-refractivity contribution is 0.442. The van der Waals surface area contributed by atoms with E-state index in [1.807, 2.05) is 54.7 Å². The molecule has 2 aromatic carbocycles. The molecule has 0 aliphatic rings. The summed E-state index contributed by atoms with van der Waals surface area (Å²) in [6.45, 7) is 0. The molecule has 34 heavy (non-hydrogen) atoms. The molecule has 0 aliphatic carbocycles. The van der Waals surface area contributed by atoms with E-state index in [9.17, 15) is 5.11 Å². The number of hydrogen-bond acceptors (Lipinski definition) is 5. The molecule has 0 saturated carbocycles. The Morgan fingerprint density at radius 3 is 2.29 bits per heavy atom. The highest BCUT2D eigenvalue weighted by atomic mass is 32.1. The quantitative estimate of drug-likeness (QED) is 0.278. The largest absolute Gasteiger partial charge is 0.493 e. The molecule has 0 radical (unpaired) electrons. The van der Waals surface area contributed by atoms with Crippen LogP contribution in [-0.4, -0.2) is 19.5 Å². The third kappa shape index (κ3) is 4.02. The van der Waals surface area contributed by atoms with Crippen LogP contribution in [0.2, 0.25) is 0 Å². The van der Waals surface area contributed by atoms with Crippen molar-refractivity contribution < 1.29 is 5.11 Å². The zero-order chi connectivity index (χ0) is 22.9. The molecule has 0 atom stereocenters. The Kier molecular flexibility index (Phi) is 5.45. The predicted octanol–water partition coefficient (Wildman–Crippen LogP) is 7.07. The molecule has 6 aromatic rings. The third-order valence-corrected chi connectivity index (χ3v) is 7.92. The zero-order valence-corrected chi connectivity index (χ0v) is 19.9. The summed E-state index contributed by atoms with van der Waals surface area (Å²) in [7, 11) is 0. The first kappa shape index (κ1) is 20.8. The fourth-order valence-corrected chi connectivity index (χ4v) is 5.95. The van der Waals surface area contributed by atoms with Crippen LogP contribution in [0.1, 0.15) is 21.8 Å². The molecule has 6 rings (SSSR count). The van der Waals surface area contributed by atoms with Gasteiger partial charge in [0.1, 0.15) is 5.69 Å². The van der Waals surface area contributed by atoms with Gasteiger partial charge in [0.15, 0.2) is 5.65 Å². The molecule has 0 aliphatic heterocycles. The van der Waals surface area contributed by atoms with Crippen LogP contribution in [0.25, 0.3) is 26.7 Å². The maximum atomic E-state index is 11.2. The van der Waals surface area contributed by atoms with Gasteiger partial charge in [-0.3, -0.25) is 4.40 Å². The van der Waals surface area contributed by atoms with Gasteiger partial charge < -0.3 is 5.11 Å².